The van der Waals surface area contributed by atoms with Gasteiger partial charge in [0.25, 0.3) is 0 Å². The monoisotopic (exact) mass is 505 g/mol. The second-order valence-electron chi connectivity index (χ2n) is 8.26. The average Bonchev–Trinajstić information content (AvgIpc) is 2.86. The van der Waals surface area contributed by atoms with Crippen LogP contribution in [0.3, 0.4) is 0 Å². The minimum atomic E-state index is -2.21. The van der Waals surface area contributed by atoms with Crippen molar-refractivity contribution >= 4 is 17.2 Å². The van der Waals surface area contributed by atoms with Gasteiger partial charge in [-0.2, -0.15) is 4.31 Å². The summed E-state index contributed by atoms with van der Waals surface area (Å²) in [6, 6.07) is 25.5. The van der Waals surface area contributed by atoms with Crippen LogP contribution >= 0.6 is 0 Å². The van der Waals surface area contributed by atoms with Gasteiger partial charge in [0.15, 0.2) is 0 Å². The van der Waals surface area contributed by atoms with Crippen molar-refractivity contribution in [2.24, 2.45) is 0 Å². The first-order valence-electron chi connectivity index (χ1n) is 11.1. The third-order valence-corrected chi connectivity index (χ3v) is 6.35. The van der Waals surface area contributed by atoms with E-state index >= 15 is 0 Å². The molecule has 0 saturated heterocycles. The third-order valence-electron chi connectivity index (χ3n) is 5.65. The molecule has 4 aromatic carbocycles. The Labute approximate surface area is 211 Å². The first kappa shape index (κ1) is 25.2. The molecule has 0 aliphatic heterocycles. The molecule has 8 heteroatoms. The number of hydrogen-bond acceptors (Lipinski definition) is 3. The highest BCUT2D eigenvalue weighted by atomic mass is 32.2. The van der Waals surface area contributed by atoms with E-state index in [1.807, 2.05) is 49.4 Å². The molecular weight excluding hydrogens is 481 g/mol. The van der Waals surface area contributed by atoms with E-state index in [9.17, 15) is 17.9 Å². The quantitative estimate of drug-likeness (QED) is 0.256. The summed E-state index contributed by atoms with van der Waals surface area (Å²) in [6.07, 6.45) is 0. The number of halogens is 1. The van der Waals surface area contributed by atoms with Gasteiger partial charge in [0.1, 0.15) is 17.3 Å². The van der Waals surface area contributed by atoms with Crippen molar-refractivity contribution in [1.29, 1.82) is 0 Å². The maximum atomic E-state index is 13.1. The summed E-state index contributed by atoms with van der Waals surface area (Å²) >= 11 is -2.21. The van der Waals surface area contributed by atoms with Gasteiger partial charge in [-0.15, -0.1) is 0 Å². The molecule has 0 radical (unpaired) electrons. The third kappa shape index (κ3) is 6.42. The predicted octanol–water partition coefficient (Wildman–Crippen LogP) is 6.43. The Balaban J connectivity index is 1.45. The Morgan fingerprint density at radius 2 is 1.42 bits per heavy atom. The molecular formula is C28H24FNO5S. The first-order valence-corrected chi connectivity index (χ1v) is 12.2. The zero-order chi connectivity index (χ0) is 25.7. The van der Waals surface area contributed by atoms with Gasteiger partial charge in [-0.25, -0.2) is 13.4 Å². The van der Waals surface area contributed by atoms with Crippen LogP contribution in [-0.2, 0) is 24.4 Å². The molecule has 0 amide bonds. The highest BCUT2D eigenvalue weighted by molar-refractivity contribution is 7.76. The predicted molar refractivity (Wildman–Crippen MR) is 137 cm³/mol. The van der Waals surface area contributed by atoms with Crippen LogP contribution in [0.4, 0.5) is 4.39 Å². The maximum Gasteiger partial charge on any atom is 0.335 e. The van der Waals surface area contributed by atoms with Crippen LogP contribution in [0.25, 0.3) is 11.1 Å². The van der Waals surface area contributed by atoms with Gasteiger partial charge in [-0.05, 0) is 83.3 Å². The fourth-order valence-electron chi connectivity index (χ4n) is 3.82. The molecule has 6 nitrogen and oxygen atoms in total. The van der Waals surface area contributed by atoms with Crippen molar-refractivity contribution < 1.29 is 27.8 Å². The maximum absolute atomic E-state index is 13.1. The van der Waals surface area contributed by atoms with Gasteiger partial charge in [0, 0.05) is 13.1 Å². The molecule has 0 saturated carbocycles. The molecule has 0 heterocycles. The zero-order valence-corrected chi connectivity index (χ0v) is 20.2. The topological polar surface area (TPSA) is 87.1 Å². The fraction of sp³-hybridized carbons (Fsp3) is 0.107. The summed E-state index contributed by atoms with van der Waals surface area (Å²) in [6.45, 7) is 2.42. The molecule has 0 bridgehead atoms. The van der Waals surface area contributed by atoms with Crippen molar-refractivity contribution in [2.45, 2.75) is 20.0 Å². The minimum absolute atomic E-state index is 0.164. The molecule has 1 unspecified atom stereocenters. The van der Waals surface area contributed by atoms with E-state index in [1.165, 1.54) is 28.6 Å². The minimum Gasteiger partial charge on any atom is -0.478 e. The van der Waals surface area contributed by atoms with E-state index in [1.54, 1.807) is 24.3 Å². The van der Waals surface area contributed by atoms with Crippen LogP contribution in [0.2, 0.25) is 0 Å². The first-order chi connectivity index (χ1) is 17.3. The van der Waals surface area contributed by atoms with Gasteiger partial charge in [-0.3, -0.25) is 4.55 Å². The fourth-order valence-corrected chi connectivity index (χ4v) is 4.33. The Morgan fingerprint density at radius 1 is 0.861 bits per heavy atom. The van der Waals surface area contributed by atoms with Crippen LogP contribution in [0.1, 0.15) is 27.0 Å². The molecule has 4 aromatic rings. The lowest BCUT2D eigenvalue weighted by molar-refractivity contribution is 0.0697. The number of benzene rings is 4. The van der Waals surface area contributed by atoms with Crippen LogP contribution in [-0.4, -0.2) is 24.1 Å². The van der Waals surface area contributed by atoms with Gasteiger partial charge < -0.3 is 9.84 Å². The summed E-state index contributed by atoms with van der Waals surface area (Å²) in [7, 11) is 0. The van der Waals surface area contributed by atoms with Crippen molar-refractivity contribution in [3.63, 3.8) is 0 Å². The van der Waals surface area contributed by atoms with E-state index in [-0.39, 0.29) is 24.5 Å². The number of aromatic carboxylic acids is 1. The summed E-state index contributed by atoms with van der Waals surface area (Å²) in [4.78, 5) is 11.0. The summed E-state index contributed by atoms with van der Waals surface area (Å²) in [5, 5.41) is 9.04. The van der Waals surface area contributed by atoms with Crippen LogP contribution in [0, 0.1) is 12.7 Å². The van der Waals surface area contributed by atoms with Crippen LogP contribution < -0.4 is 4.74 Å². The molecule has 1 atom stereocenters. The summed E-state index contributed by atoms with van der Waals surface area (Å²) in [5.74, 6) is -0.153. The second kappa shape index (κ2) is 11.3. The van der Waals surface area contributed by atoms with E-state index in [0.717, 1.165) is 27.8 Å². The zero-order valence-electron chi connectivity index (χ0n) is 19.4. The molecule has 0 fully saturated rings. The average molecular weight is 506 g/mol. The number of hydrogen-bond donors (Lipinski definition) is 2. The van der Waals surface area contributed by atoms with Crippen molar-refractivity contribution in [3.8, 4) is 22.6 Å². The van der Waals surface area contributed by atoms with Gasteiger partial charge >= 0.3 is 5.97 Å². The Hall–Kier alpha value is -3.85. The lowest BCUT2D eigenvalue weighted by atomic mass is 9.98. The standard InChI is InChI=1S/C28H24FNO5S/c1-19-16-21(18-30(36(33)34)17-20-2-5-23(6-3-20)28(31)32)4-15-27(19)22-7-11-25(12-8-22)35-26-13-9-24(29)10-14-26/h2-16H,17-18H2,1H3,(H,31,32)(H,33,34). The number of carboxylic acids is 1. The number of carbonyl (C=O) groups is 1. The molecule has 0 aromatic heterocycles. The van der Waals surface area contributed by atoms with E-state index in [4.69, 9.17) is 9.84 Å². The lowest BCUT2D eigenvalue weighted by Crippen LogP contribution is -2.24. The number of ether oxygens (including phenoxy) is 1. The van der Waals surface area contributed by atoms with E-state index in [0.29, 0.717) is 11.5 Å². The van der Waals surface area contributed by atoms with E-state index < -0.39 is 17.2 Å². The molecule has 4 rings (SSSR count). The Kier molecular flexibility index (Phi) is 7.90. The van der Waals surface area contributed by atoms with Gasteiger partial charge in [-0.1, -0.05) is 42.5 Å². The van der Waals surface area contributed by atoms with Crippen molar-refractivity contribution in [2.75, 3.05) is 0 Å². The number of carboxylic acid groups (broad SMARTS) is 1. The van der Waals surface area contributed by atoms with Gasteiger partial charge in [0.05, 0.1) is 5.56 Å². The largest absolute Gasteiger partial charge is 0.478 e. The molecule has 0 aliphatic carbocycles. The summed E-state index contributed by atoms with van der Waals surface area (Å²) < 4.78 is 42.0. The normalized spacial score (nSPS) is 11.9. The lowest BCUT2D eigenvalue weighted by Gasteiger charge is -2.19. The van der Waals surface area contributed by atoms with Crippen molar-refractivity contribution in [3.05, 3.63) is 119 Å². The smallest absolute Gasteiger partial charge is 0.335 e. The van der Waals surface area contributed by atoms with Crippen LogP contribution in [0.15, 0.2) is 91.0 Å². The van der Waals surface area contributed by atoms with Gasteiger partial charge in [0.2, 0.25) is 11.3 Å². The molecule has 2 N–H and O–H groups in total. The summed E-state index contributed by atoms with van der Waals surface area (Å²) in [5.41, 5.74) is 4.79. The Morgan fingerprint density at radius 3 is 1.97 bits per heavy atom. The Bertz CT molecular complexity index is 1370. The second-order valence-corrected chi connectivity index (χ2v) is 9.24. The van der Waals surface area contributed by atoms with E-state index in [2.05, 4.69) is 0 Å². The number of nitrogens with zero attached hydrogens (tertiary/aromatic N) is 1. The molecule has 0 spiro atoms. The van der Waals surface area contributed by atoms with Crippen molar-refractivity contribution in [1.82, 2.24) is 4.31 Å². The highest BCUT2D eigenvalue weighted by Gasteiger charge is 2.14. The molecule has 184 valence electrons. The molecule has 0 aliphatic rings. The highest BCUT2D eigenvalue weighted by Crippen LogP contribution is 2.29. The number of aryl methyl sites for hydroxylation is 1. The van der Waals surface area contributed by atoms with Crippen LogP contribution in [0.5, 0.6) is 11.5 Å². The SMILES string of the molecule is Cc1cc(CN(Cc2ccc(C(=O)O)cc2)S(=O)O)ccc1-c1ccc(Oc2ccc(F)cc2)cc1. The number of rotatable bonds is 9. The molecule has 36 heavy (non-hydrogen) atoms.